The standard InChI is InChI=1S/C17H15FN2O2/c1-11-6-13(3-4-14(11)18)15(8-19)20-9-12-2-5-16-17(7-12)22-10-21-16/h2-7,15,20H,9-10H2,1H3. The van der Waals surface area contributed by atoms with Crippen molar-refractivity contribution in [3.63, 3.8) is 0 Å². The number of nitriles is 1. The molecule has 1 unspecified atom stereocenters. The maximum absolute atomic E-state index is 13.3. The monoisotopic (exact) mass is 298 g/mol. The average Bonchev–Trinajstić information content (AvgIpc) is 2.99. The van der Waals surface area contributed by atoms with Gasteiger partial charge in [0.15, 0.2) is 11.5 Å². The molecule has 112 valence electrons. The third-order valence-corrected chi connectivity index (χ3v) is 3.59. The van der Waals surface area contributed by atoms with Crippen LogP contribution in [0.5, 0.6) is 11.5 Å². The molecule has 0 spiro atoms. The first-order valence-electron chi connectivity index (χ1n) is 6.95. The highest BCUT2D eigenvalue weighted by atomic mass is 19.1. The summed E-state index contributed by atoms with van der Waals surface area (Å²) < 4.78 is 23.9. The smallest absolute Gasteiger partial charge is 0.231 e. The van der Waals surface area contributed by atoms with E-state index in [9.17, 15) is 9.65 Å². The summed E-state index contributed by atoms with van der Waals surface area (Å²) in [5, 5.41) is 12.5. The van der Waals surface area contributed by atoms with Gasteiger partial charge in [0, 0.05) is 6.54 Å². The quantitative estimate of drug-likeness (QED) is 0.941. The first kappa shape index (κ1) is 14.4. The molecule has 1 aliphatic heterocycles. The molecule has 1 atom stereocenters. The van der Waals surface area contributed by atoms with E-state index in [0.717, 1.165) is 16.9 Å². The summed E-state index contributed by atoms with van der Waals surface area (Å²) >= 11 is 0. The average molecular weight is 298 g/mol. The molecule has 0 aliphatic carbocycles. The first-order valence-corrected chi connectivity index (χ1v) is 6.95. The van der Waals surface area contributed by atoms with Crippen LogP contribution in [0, 0.1) is 24.1 Å². The minimum absolute atomic E-state index is 0.238. The minimum atomic E-state index is -0.496. The molecule has 0 amide bonds. The lowest BCUT2D eigenvalue weighted by Gasteiger charge is -2.13. The first-order chi connectivity index (χ1) is 10.7. The van der Waals surface area contributed by atoms with E-state index in [1.54, 1.807) is 19.1 Å². The van der Waals surface area contributed by atoms with E-state index in [-0.39, 0.29) is 12.6 Å². The van der Waals surface area contributed by atoms with Crippen LogP contribution in [0.4, 0.5) is 4.39 Å². The van der Waals surface area contributed by atoms with Gasteiger partial charge in [0.25, 0.3) is 0 Å². The van der Waals surface area contributed by atoms with Crippen molar-refractivity contribution in [2.24, 2.45) is 0 Å². The van der Waals surface area contributed by atoms with Gasteiger partial charge >= 0.3 is 0 Å². The number of benzene rings is 2. The topological polar surface area (TPSA) is 54.3 Å². The number of hydrogen-bond donors (Lipinski definition) is 1. The number of nitrogens with zero attached hydrogens (tertiary/aromatic N) is 1. The molecule has 1 heterocycles. The summed E-state index contributed by atoms with van der Waals surface area (Å²) in [5.41, 5.74) is 2.27. The van der Waals surface area contributed by atoms with Crippen LogP contribution < -0.4 is 14.8 Å². The van der Waals surface area contributed by atoms with Crippen molar-refractivity contribution in [2.45, 2.75) is 19.5 Å². The van der Waals surface area contributed by atoms with Crippen LogP contribution in [-0.2, 0) is 6.54 Å². The Labute approximate surface area is 128 Å². The maximum atomic E-state index is 13.3. The van der Waals surface area contributed by atoms with Crippen molar-refractivity contribution in [3.8, 4) is 17.6 Å². The molecule has 2 aromatic rings. The van der Waals surface area contributed by atoms with Crippen LogP contribution in [0.1, 0.15) is 22.7 Å². The molecular formula is C17H15FN2O2. The fourth-order valence-corrected chi connectivity index (χ4v) is 2.36. The second-order valence-corrected chi connectivity index (χ2v) is 5.14. The lowest BCUT2D eigenvalue weighted by atomic mass is 10.0. The molecule has 0 saturated carbocycles. The van der Waals surface area contributed by atoms with E-state index < -0.39 is 6.04 Å². The Morgan fingerprint density at radius 3 is 2.82 bits per heavy atom. The molecule has 0 radical (unpaired) electrons. The summed E-state index contributed by atoms with van der Waals surface area (Å²) in [6, 6.07) is 12.1. The molecule has 5 heteroatoms. The Morgan fingerprint density at radius 2 is 2.05 bits per heavy atom. The van der Waals surface area contributed by atoms with Gasteiger partial charge in [-0.25, -0.2) is 4.39 Å². The van der Waals surface area contributed by atoms with E-state index in [2.05, 4.69) is 11.4 Å². The highest BCUT2D eigenvalue weighted by Crippen LogP contribution is 2.32. The fourth-order valence-electron chi connectivity index (χ4n) is 2.36. The zero-order valence-electron chi connectivity index (χ0n) is 12.1. The van der Waals surface area contributed by atoms with Gasteiger partial charge in [-0.3, -0.25) is 5.32 Å². The normalized spacial score (nSPS) is 13.7. The van der Waals surface area contributed by atoms with Gasteiger partial charge in [-0.2, -0.15) is 5.26 Å². The SMILES string of the molecule is Cc1cc(C(C#N)NCc2ccc3c(c2)OCO3)ccc1F. The van der Waals surface area contributed by atoms with Gasteiger partial charge in [0.2, 0.25) is 6.79 Å². The fraction of sp³-hybridized carbons (Fsp3) is 0.235. The summed E-state index contributed by atoms with van der Waals surface area (Å²) in [6.45, 7) is 2.43. The summed E-state index contributed by atoms with van der Waals surface area (Å²) in [4.78, 5) is 0. The Bertz CT molecular complexity index is 740. The van der Waals surface area contributed by atoms with Crippen LogP contribution in [0.25, 0.3) is 0 Å². The molecule has 0 saturated heterocycles. The Kier molecular flexibility index (Phi) is 3.94. The van der Waals surface area contributed by atoms with Gasteiger partial charge < -0.3 is 9.47 Å². The van der Waals surface area contributed by atoms with Crippen LogP contribution in [-0.4, -0.2) is 6.79 Å². The predicted molar refractivity (Wildman–Crippen MR) is 78.9 cm³/mol. The van der Waals surface area contributed by atoms with Gasteiger partial charge in [0.05, 0.1) is 6.07 Å². The van der Waals surface area contributed by atoms with Gasteiger partial charge in [0.1, 0.15) is 11.9 Å². The van der Waals surface area contributed by atoms with Crippen LogP contribution >= 0.6 is 0 Å². The zero-order valence-corrected chi connectivity index (χ0v) is 12.1. The van der Waals surface area contributed by atoms with E-state index in [4.69, 9.17) is 9.47 Å². The number of nitrogens with one attached hydrogen (secondary N) is 1. The van der Waals surface area contributed by atoms with E-state index in [1.807, 2.05) is 18.2 Å². The number of aryl methyl sites for hydroxylation is 1. The van der Waals surface area contributed by atoms with Crippen molar-refractivity contribution in [3.05, 3.63) is 58.9 Å². The Morgan fingerprint density at radius 1 is 1.23 bits per heavy atom. The Balaban J connectivity index is 1.71. The second kappa shape index (κ2) is 6.04. The zero-order chi connectivity index (χ0) is 15.5. The molecule has 4 nitrogen and oxygen atoms in total. The van der Waals surface area contributed by atoms with E-state index >= 15 is 0 Å². The molecule has 1 N–H and O–H groups in total. The van der Waals surface area contributed by atoms with Gasteiger partial charge in [-0.05, 0) is 41.8 Å². The predicted octanol–water partition coefficient (Wildman–Crippen LogP) is 3.22. The van der Waals surface area contributed by atoms with E-state index in [0.29, 0.717) is 17.9 Å². The van der Waals surface area contributed by atoms with Crippen molar-refractivity contribution in [2.75, 3.05) is 6.79 Å². The summed E-state index contributed by atoms with van der Waals surface area (Å²) in [6.07, 6.45) is 0. The third-order valence-electron chi connectivity index (χ3n) is 3.59. The summed E-state index contributed by atoms with van der Waals surface area (Å²) in [5.74, 6) is 1.18. The second-order valence-electron chi connectivity index (χ2n) is 5.14. The van der Waals surface area contributed by atoms with Gasteiger partial charge in [-0.1, -0.05) is 18.2 Å². The minimum Gasteiger partial charge on any atom is -0.454 e. The third kappa shape index (κ3) is 2.87. The number of rotatable bonds is 4. The van der Waals surface area contributed by atoms with Crippen molar-refractivity contribution in [1.82, 2.24) is 5.32 Å². The molecule has 0 aromatic heterocycles. The maximum Gasteiger partial charge on any atom is 0.231 e. The Hall–Kier alpha value is -2.58. The molecule has 0 bridgehead atoms. The number of halogens is 1. The molecular weight excluding hydrogens is 283 g/mol. The largest absolute Gasteiger partial charge is 0.454 e. The number of ether oxygens (including phenoxy) is 2. The van der Waals surface area contributed by atoms with Crippen molar-refractivity contribution >= 4 is 0 Å². The van der Waals surface area contributed by atoms with Crippen LogP contribution in [0.3, 0.4) is 0 Å². The highest BCUT2D eigenvalue weighted by molar-refractivity contribution is 5.44. The molecule has 3 rings (SSSR count). The molecule has 0 fully saturated rings. The highest BCUT2D eigenvalue weighted by Gasteiger charge is 2.15. The molecule has 1 aliphatic rings. The van der Waals surface area contributed by atoms with Crippen LogP contribution in [0.2, 0.25) is 0 Å². The summed E-state index contributed by atoms with van der Waals surface area (Å²) in [7, 11) is 0. The lowest BCUT2D eigenvalue weighted by molar-refractivity contribution is 0.174. The number of fused-ring (bicyclic) bond motifs is 1. The van der Waals surface area contributed by atoms with Gasteiger partial charge in [-0.15, -0.1) is 0 Å². The number of hydrogen-bond acceptors (Lipinski definition) is 4. The van der Waals surface area contributed by atoms with Crippen molar-refractivity contribution < 1.29 is 13.9 Å². The molecule has 2 aromatic carbocycles. The molecule has 22 heavy (non-hydrogen) atoms. The lowest BCUT2D eigenvalue weighted by Crippen LogP contribution is -2.19. The van der Waals surface area contributed by atoms with Crippen molar-refractivity contribution in [1.29, 1.82) is 5.26 Å². The van der Waals surface area contributed by atoms with E-state index in [1.165, 1.54) is 6.07 Å². The van der Waals surface area contributed by atoms with Crippen LogP contribution in [0.15, 0.2) is 36.4 Å².